The number of aromatic nitrogens is 2. The maximum absolute atomic E-state index is 12.8. The summed E-state index contributed by atoms with van der Waals surface area (Å²) in [6.45, 7) is 3.89. The highest BCUT2D eigenvalue weighted by molar-refractivity contribution is 5.90. The number of carbonyl (C=O) groups excluding carboxylic acids is 1. The van der Waals surface area contributed by atoms with E-state index in [1.54, 1.807) is 0 Å². The molecule has 0 aliphatic carbocycles. The number of hydrogen-bond acceptors (Lipinski definition) is 3. The summed E-state index contributed by atoms with van der Waals surface area (Å²) in [5.74, 6) is 1.64. The summed E-state index contributed by atoms with van der Waals surface area (Å²) < 4.78 is 2.32. The lowest BCUT2D eigenvalue weighted by Gasteiger charge is -2.21. The van der Waals surface area contributed by atoms with E-state index >= 15 is 0 Å². The number of likely N-dealkylation sites (tertiary alicyclic amines) is 2. The zero-order chi connectivity index (χ0) is 18.4. The first-order chi connectivity index (χ1) is 13.2. The van der Waals surface area contributed by atoms with Crippen LogP contribution < -0.4 is 5.32 Å². The number of carbonyl (C=O) groups is 1. The van der Waals surface area contributed by atoms with Gasteiger partial charge in [-0.2, -0.15) is 0 Å². The molecule has 1 N–H and O–H groups in total. The Morgan fingerprint density at radius 1 is 1.22 bits per heavy atom. The minimum absolute atomic E-state index is 0.0140. The Morgan fingerprint density at radius 2 is 2.15 bits per heavy atom. The molecule has 2 aromatic rings. The first-order valence-corrected chi connectivity index (χ1v) is 10.1. The van der Waals surface area contributed by atoms with E-state index in [0.29, 0.717) is 12.0 Å². The van der Waals surface area contributed by atoms with Gasteiger partial charge in [0.05, 0.1) is 0 Å². The standard InChI is InChI=1S/C21H27N5O/c1-24-10-8-16-13-25(14-19(16)24)21(27)23-17-6-4-5-15(11-17)20-22-12-18-7-2-3-9-26(18)20/h4-6,11-12,16,19H,2-3,7-10,13-14H2,1H3,(H,23,27)/t16-,19+/m1/s1. The van der Waals surface area contributed by atoms with Crippen molar-refractivity contribution in [3.63, 3.8) is 0 Å². The fourth-order valence-electron chi connectivity index (χ4n) is 4.94. The van der Waals surface area contributed by atoms with Crippen LogP contribution in [0.1, 0.15) is 25.0 Å². The predicted octanol–water partition coefficient (Wildman–Crippen LogP) is 3.05. The van der Waals surface area contributed by atoms with Crippen LogP contribution in [0.4, 0.5) is 10.5 Å². The molecule has 1 aromatic carbocycles. The topological polar surface area (TPSA) is 53.4 Å². The Kier molecular flexibility index (Phi) is 4.16. The highest BCUT2D eigenvalue weighted by Gasteiger charge is 2.41. The lowest BCUT2D eigenvalue weighted by molar-refractivity contribution is 0.213. The quantitative estimate of drug-likeness (QED) is 0.890. The molecule has 27 heavy (non-hydrogen) atoms. The average Bonchev–Trinajstić information content (AvgIpc) is 3.38. The molecular formula is C21H27N5O. The molecule has 2 saturated heterocycles. The second-order valence-corrected chi connectivity index (χ2v) is 8.19. The summed E-state index contributed by atoms with van der Waals surface area (Å²) in [4.78, 5) is 21.8. The smallest absolute Gasteiger partial charge is 0.321 e. The van der Waals surface area contributed by atoms with Gasteiger partial charge in [0.1, 0.15) is 5.82 Å². The van der Waals surface area contributed by atoms with Gasteiger partial charge < -0.3 is 19.7 Å². The second kappa shape index (κ2) is 6.68. The number of rotatable bonds is 2. The number of hydrogen-bond donors (Lipinski definition) is 1. The van der Waals surface area contributed by atoms with E-state index in [9.17, 15) is 4.79 Å². The zero-order valence-corrected chi connectivity index (χ0v) is 15.9. The maximum Gasteiger partial charge on any atom is 0.321 e. The number of aryl methyl sites for hydroxylation is 1. The third-order valence-electron chi connectivity index (χ3n) is 6.49. The molecule has 5 rings (SSSR count). The summed E-state index contributed by atoms with van der Waals surface area (Å²) in [7, 11) is 2.17. The van der Waals surface area contributed by atoms with Crippen LogP contribution in [0.15, 0.2) is 30.5 Å². The summed E-state index contributed by atoms with van der Waals surface area (Å²) in [6, 6.07) is 8.63. The van der Waals surface area contributed by atoms with Crippen LogP contribution in [0.3, 0.4) is 0 Å². The Balaban J connectivity index is 1.31. The van der Waals surface area contributed by atoms with E-state index in [2.05, 4.69) is 32.9 Å². The van der Waals surface area contributed by atoms with Crippen LogP contribution in [0, 0.1) is 5.92 Å². The molecule has 4 heterocycles. The molecule has 1 aromatic heterocycles. The van der Waals surface area contributed by atoms with Crippen LogP contribution >= 0.6 is 0 Å². The number of benzene rings is 1. The molecular weight excluding hydrogens is 338 g/mol. The first-order valence-electron chi connectivity index (χ1n) is 10.1. The molecule has 0 saturated carbocycles. The molecule has 3 aliphatic heterocycles. The number of nitrogens with zero attached hydrogens (tertiary/aromatic N) is 4. The molecule has 6 nitrogen and oxygen atoms in total. The van der Waals surface area contributed by atoms with Gasteiger partial charge in [0.25, 0.3) is 0 Å². The van der Waals surface area contributed by atoms with Crippen molar-refractivity contribution in [3.8, 4) is 11.4 Å². The summed E-state index contributed by atoms with van der Waals surface area (Å²) in [6.07, 6.45) is 6.76. The molecule has 6 heteroatoms. The number of fused-ring (bicyclic) bond motifs is 2. The fraction of sp³-hybridized carbons (Fsp3) is 0.524. The SMILES string of the molecule is CN1CC[C@@H]2CN(C(=O)Nc3cccc(-c4ncc5n4CCCC5)c3)C[C@@H]21. The third kappa shape index (κ3) is 3.02. The van der Waals surface area contributed by atoms with Crippen molar-refractivity contribution in [2.24, 2.45) is 5.92 Å². The molecule has 0 unspecified atom stereocenters. The van der Waals surface area contributed by atoms with Crippen molar-refractivity contribution in [2.75, 3.05) is 32.0 Å². The zero-order valence-electron chi connectivity index (χ0n) is 15.9. The van der Waals surface area contributed by atoms with Crippen LogP contribution in [0.25, 0.3) is 11.4 Å². The monoisotopic (exact) mass is 365 g/mol. The van der Waals surface area contributed by atoms with Crippen molar-refractivity contribution in [3.05, 3.63) is 36.2 Å². The minimum Gasteiger partial charge on any atom is -0.328 e. The van der Waals surface area contributed by atoms with Crippen LogP contribution in [-0.2, 0) is 13.0 Å². The molecule has 2 atom stereocenters. The van der Waals surface area contributed by atoms with Crippen molar-refractivity contribution in [1.29, 1.82) is 0 Å². The van der Waals surface area contributed by atoms with E-state index in [1.807, 2.05) is 29.3 Å². The van der Waals surface area contributed by atoms with Crippen LogP contribution in [0.5, 0.6) is 0 Å². The molecule has 0 bridgehead atoms. The average molecular weight is 365 g/mol. The molecule has 142 valence electrons. The van der Waals surface area contributed by atoms with E-state index in [0.717, 1.165) is 49.7 Å². The first kappa shape index (κ1) is 16.8. The normalized spacial score (nSPS) is 24.7. The highest BCUT2D eigenvalue weighted by Crippen LogP contribution is 2.31. The van der Waals surface area contributed by atoms with Gasteiger partial charge in [-0.3, -0.25) is 0 Å². The number of nitrogens with one attached hydrogen (secondary N) is 1. The van der Waals surface area contributed by atoms with Crippen molar-refractivity contribution < 1.29 is 4.79 Å². The predicted molar refractivity (Wildman–Crippen MR) is 106 cm³/mol. The van der Waals surface area contributed by atoms with Crippen molar-refractivity contribution in [2.45, 2.75) is 38.3 Å². The summed E-state index contributed by atoms with van der Waals surface area (Å²) in [5.41, 5.74) is 3.23. The second-order valence-electron chi connectivity index (χ2n) is 8.19. The Labute approximate surface area is 160 Å². The van der Waals surface area contributed by atoms with Gasteiger partial charge in [-0.15, -0.1) is 0 Å². The molecule has 0 radical (unpaired) electrons. The van der Waals surface area contributed by atoms with E-state index < -0.39 is 0 Å². The Hall–Kier alpha value is -2.34. The molecule has 2 fully saturated rings. The summed E-state index contributed by atoms with van der Waals surface area (Å²) >= 11 is 0. The third-order valence-corrected chi connectivity index (χ3v) is 6.49. The maximum atomic E-state index is 12.8. The molecule has 3 aliphatic rings. The number of likely N-dealkylation sites (N-methyl/N-ethyl adjacent to an activating group) is 1. The number of urea groups is 1. The summed E-state index contributed by atoms with van der Waals surface area (Å²) in [5, 5.41) is 3.10. The molecule has 2 amide bonds. The Bertz CT molecular complexity index is 860. The van der Waals surface area contributed by atoms with E-state index in [4.69, 9.17) is 0 Å². The van der Waals surface area contributed by atoms with Gasteiger partial charge in [0.2, 0.25) is 0 Å². The lowest BCUT2D eigenvalue weighted by Crippen LogP contribution is -2.37. The van der Waals surface area contributed by atoms with Gasteiger partial charge in [-0.05, 0) is 57.3 Å². The fourth-order valence-corrected chi connectivity index (χ4v) is 4.94. The molecule has 0 spiro atoms. The van der Waals surface area contributed by atoms with E-state index in [-0.39, 0.29) is 6.03 Å². The van der Waals surface area contributed by atoms with Gasteiger partial charge >= 0.3 is 6.03 Å². The van der Waals surface area contributed by atoms with Gasteiger partial charge in [-0.1, -0.05) is 12.1 Å². The largest absolute Gasteiger partial charge is 0.328 e. The van der Waals surface area contributed by atoms with Crippen molar-refractivity contribution >= 4 is 11.7 Å². The van der Waals surface area contributed by atoms with Gasteiger partial charge in [-0.25, -0.2) is 9.78 Å². The minimum atomic E-state index is 0.0140. The number of imidazole rings is 1. The van der Waals surface area contributed by atoms with Crippen molar-refractivity contribution in [1.82, 2.24) is 19.4 Å². The number of amides is 2. The van der Waals surface area contributed by atoms with Crippen LogP contribution in [-0.4, -0.2) is 58.1 Å². The van der Waals surface area contributed by atoms with E-state index in [1.165, 1.54) is 25.0 Å². The highest BCUT2D eigenvalue weighted by atomic mass is 16.2. The Morgan fingerprint density at radius 3 is 3.04 bits per heavy atom. The lowest BCUT2D eigenvalue weighted by atomic mass is 10.1. The number of anilines is 1. The van der Waals surface area contributed by atoms with Gasteiger partial charge in [0, 0.05) is 48.8 Å². The van der Waals surface area contributed by atoms with Gasteiger partial charge in [0.15, 0.2) is 0 Å². The van der Waals surface area contributed by atoms with Crippen LogP contribution in [0.2, 0.25) is 0 Å².